The molecule has 0 spiro atoms. The number of rotatable bonds is 6. The summed E-state index contributed by atoms with van der Waals surface area (Å²) in [5.41, 5.74) is 8.85. The lowest BCUT2D eigenvalue weighted by atomic mass is 10.0. The smallest absolute Gasteiger partial charge is 0.276 e. The van der Waals surface area contributed by atoms with Gasteiger partial charge in [-0.1, -0.05) is 55.8 Å². The van der Waals surface area contributed by atoms with Crippen LogP contribution in [0.25, 0.3) is 6.08 Å². The highest BCUT2D eigenvalue weighted by atomic mass is 16.5. The van der Waals surface area contributed by atoms with Crippen LogP contribution in [0.15, 0.2) is 48.5 Å². The largest absolute Gasteiger partial charge is 0.483 e. The summed E-state index contributed by atoms with van der Waals surface area (Å²) in [5.74, 6) is 0.131. The summed E-state index contributed by atoms with van der Waals surface area (Å²) < 4.78 is 5.63. The number of nitrogens with one attached hydrogen (secondary N) is 2. The molecule has 0 bridgehead atoms. The maximum absolute atomic E-state index is 11.9. The normalized spacial score (nSPS) is 10.9. The summed E-state index contributed by atoms with van der Waals surface area (Å²) >= 11 is 0. The van der Waals surface area contributed by atoms with Crippen molar-refractivity contribution in [3.05, 3.63) is 70.8 Å². The van der Waals surface area contributed by atoms with Crippen molar-refractivity contribution in [1.82, 2.24) is 10.9 Å². The number of ether oxygens (including phenoxy) is 1. The Morgan fingerprint density at radius 2 is 1.67 bits per heavy atom. The molecule has 0 aromatic heterocycles. The van der Waals surface area contributed by atoms with E-state index in [0.29, 0.717) is 5.75 Å². The number of amides is 2. The predicted molar refractivity (Wildman–Crippen MR) is 107 cm³/mol. The van der Waals surface area contributed by atoms with E-state index in [2.05, 4.69) is 24.7 Å². The molecule has 5 heteroatoms. The first-order chi connectivity index (χ1) is 12.8. The Labute approximate surface area is 160 Å². The maximum Gasteiger partial charge on any atom is 0.276 e. The Kier molecular flexibility index (Phi) is 7.17. The fourth-order valence-electron chi connectivity index (χ4n) is 2.45. The van der Waals surface area contributed by atoms with Crippen molar-refractivity contribution in [2.75, 3.05) is 6.61 Å². The minimum Gasteiger partial charge on any atom is -0.483 e. The second kappa shape index (κ2) is 9.57. The van der Waals surface area contributed by atoms with E-state index in [1.54, 1.807) is 6.08 Å². The Morgan fingerprint density at radius 1 is 1.00 bits per heavy atom. The van der Waals surface area contributed by atoms with Crippen molar-refractivity contribution in [2.24, 2.45) is 0 Å². The molecule has 0 unspecified atom stereocenters. The molecule has 0 atom stereocenters. The second-order valence-corrected chi connectivity index (χ2v) is 6.77. The molecule has 142 valence electrons. The summed E-state index contributed by atoms with van der Waals surface area (Å²) in [6, 6.07) is 13.7. The van der Waals surface area contributed by atoms with Gasteiger partial charge in [0.1, 0.15) is 5.75 Å². The van der Waals surface area contributed by atoms with Crippen LogP contribution in [0.1, 0.15) is 42.0 Å². The third-order valence-electron chi connectivity index (χ3n) is 3.98. The van der Waals surface area contributed by atoms with Gasteiger partial charge in [0.15, 0.2) is 6.61 Å². The van der Waals surface area contributed by atoms with Crippen LogP contribution < -0.4 is 15.6 Å². The molecule has 2 aromatic rings. The molecule has 0 heterocycles. The van der Waals surface area contributed by atoms with Crippen molar-refractivity contribution < 1.29 is 14.3 Å². The van der Waals surface area contributed by atoms with Gasteiger partial charge in [-0.3, -0.25) is 20.4 Å². The predicted octanol–water partition coefficient (Wildman–Crippen LogP) is 3.67. The van der Waals surface area contributed by atoms with E-state index in [9.17, 15) is 9.59 Å². The van der Waals surface area contributed by atoms with E-state index in [1.807, 2.05) is 56.3 Å². The standard InChI is InChI=1S/C22H26N2O3/c1-15(2)19-11-7-17(4)13-20(19)27-14-22(26)24-23-21(25)12-10-18-8-5-16(3)6-9-18/h5-13,15H,14H2,1-4H3,(H,23,25)(H,24,26). The van der Waals surface area contributed by atoms with Crippen molar-refractivity contribution in [2.45, 2.75) is 33.6 Å². The van der Waals surface area contributed by atoms with Gasteiger partial charge in [-0.25, -0.2) is 0 Å². The third-order valence-corrected chi connectivity index (χ3v) is 3.98. The molecule has 27 heavy (non-hydrogen) atoms. The van der Waals surface area contributed by atoms with E-state index in [1.165, 1.54) is 6.08 Å². The Bertz CT molecular complexity index is 824. The van der Waals surface area contributed by atoms with Gasteiger partial charge >= 0.3 is 0 Å². The Balaban J connectivity index is 1.81. The Hall–Kier alpha value is -3.08. The summed E-state index contributed by atoms with van der Waals surface area (Å²) in [5, 5.41) is 0. The highest BCUT2D eigenvalue weighted by Crippen LogP contribution is 2.27. The van der Waals surface area contributed by atoms with Crippen LogP contribution >= 0.6 is 0 Å². The number of hydrogen-bond donors (Lipinski definition) is 2. The maximum atomic E-state index is 11.9. The van der Waals surface area contributed by atoms with E-state index >= 15 is 0 Å². The lowest BCUT2D eigenvalue weighted by molar-refractivity contribution is -0.128. The summed E-state index contributed by atoms with van der Waals surface area (Å²) in [6.45, 7) is 7.93. The minimum atomic E-state index is -0.428. The first kappa shape index (κ1) is 20.2. The van der Waals surface area contributed by atoms with Crippen LogP contribution in [0.3, 0.4) is 0 Å². The van der Waals surface area contributed by atoms with Gasteiger partial charge in [0.2, 0.25) is 0 Å². The monoisotopic (exact) mass is 366 g/mol. The second-order valence-electron chi connectivity index (χ2n) is 6.77. The Morgan fingerprint density at radius 3 is 2.33 bits per heavy atom. The lowest BCUT2D eigenvalue weighted by Gasteiger charge is -2.14. The number of hydrogen-bond acceptors (Lipinski definition) is 3. The van der Waals surface area contributed by atoms with Crippen molar-refractivity contribution >= 4 is 17.9 Å². The molecule has 0 saturated carbocycles. The van der Waals surface area contributed by atoms with Crippen molar-refractivity contribution in [3.63, 3.8) is 0 Å². The van der Waals surface area contributed by atoms with Crippen LogP contribution in [0, 0.1) is 13.8 Å². The van der Waals surface area contributed by atoms with Gasteiger partial charge < -0.3 is 4.74 Å². The SMILES string of the molecule is Cc1ccc(C=CC(=O)NNC(=O)COc2cc(C)ccc2C(C)C)cc1. The summed E-state index contributed by atoms with van der Waals surface area (Å²) in [4.78, 5) is 23.7. The minimum absolute atomic E-state index is 0.175. The molecular weight excluding hydrogens is 340 g/mol. The zero-order chi connectivity index (χ0) is 19.8. The fourth-order valence-corrected chi connectivity index (χ4v) is 2.45. The molecular formula is C22H26N2O3. The summed E-state index contributed by atoms with van der Waals surface area (Å²) in [7, 11) is 0. The molecule has 5 nitrogen and oxygen atoms in total. The van der Waals surface area contributed by atoms with Crippen LogP contribution in [0.5, 0.6) is 5.75 Å². The van der Waals surface area contributed by atoms with Gasteiger partial charge in [0.05, 0.1) is 0 Å². The molecule has 0 radical (unpaired) electrons. The van der Waals surface area contributed by atoms with Crippen LogP contribution in [0.2, 0.25) is 0 Å². The average molecular weight is 366 g/mol. The molecule has 0 fully saturated rings. The average Bonchev–Trinajstić information content (AvgIpc) is 2.64. The summed E-state index contributed by atoms with van der Waals surface area (Å²) in [6.07, 6.45) is 3.04. The molecule has 0 aliphatic carbocycles. The molecule has 2 N–H and O–H groups in total. The molecule has 0 saturated heterocycles. The number of carbonyl (C=O) groups is 2. The molecule has 0 aliphatic rings. The van der Waals surface area contributed by atoms with Crippen molar-refractivity contribution in [3.8, 4) is 5.75 Å². The van der Waals surface area contributed by atoms with Gasteiger partial charge in [-0.2, -0.15) is 0 Å². The highest BCUT2D eigenvalue weighted by Gasteiger charge is 2.10. The first-order valence-electron chi connectivity index (χ1n) is 8.92. The molecule has 0 aliphatic heterocycles. The molecule has 2 aromatic carbocycles. The lowest BCUT2D eigenvalue weighted by Crippen LogP contribution is -2.43. The topological polar surface area (TPSA) is 67.4 Å². The quantitative estimate of drug-likeness (QED) is 0.605. The first-order valence-corrected chi connectivity index (χ1v) is 8.92. The third kappa shape index (κ3) is 6.62. The highest BCUT2D eigenvalue weighted by molar-refractivity contribution is 5.93. The number of aryl methyl sites for hydroxylation is 2. The number of hydrazine groups is 1. The van der Waals surface area contributed by atoms with Gasteiger partial charge in [0, 0.05) is 6.08 Å². The van der Waals surface area contributed by atoms with E-state index in [-0.39, 0.29) is 12.5 Å². The van der Waals surface area contributed by atoms with Gasteiger partial charge in [-0.05, 0) is 48.6 Å². The number of carbonyl (C=O) groups excluding carboxylic acids is 2. The van der Waals surface area contributed by atoms with Crippen molar-refractivity contribution in [1.29, 1.82) is 0 Å². The molecule has 2 amide bonds. The van der Waals surface area contributed by atoms with E-state index in [0.717, 1.165) is 22.3 Å². The van der Waals surface area contributed by atoms with Gasteiger partial charge in [0.25, 0.3) is 11.8 Å². The van der Waals surface area contributed by atoms with Crippen LogP contribution in [-0.2, 0) is 9.59 Å². The zero-order valence-electron chi connectivity index (χ0n) is 16.2. The molecule has 2 rings (SSSR count). The zero-order valence-corrected chi connectivity index (χ0v) is 16.2. The van der Waals surface area contributed by atoms with Crippen LogP contribution in [-0.4, -0.2) is 18.4 Å². The van der Waals surface area contributed by atoms with Gasteiger partial charge in [-0.15, -0.1) is 0 Å². The van der Waals surface area contributed by atoms with Crippen LogP contribution in [0.4, 0.5) is 0 Å². The van der Waals surface area contributed by atoms with E-state index < -0.39 is 11.8 Å². The van der Waals surface area contributed by atoms with E-state index in [4.69, 9.17) is 4.74 Å². The number of benzene rings is 2. The fraction of sp³-hybridized carbons (Fsp3) is 0.273.